The Morgan fingerprint density at radius 2 is 1.96 bits per heavy atom. The molecule has 3 heterocycles. The number of fused-ring (bicyclic) bond motifs is 1. The summed E-state index contributed by atoms with van der Waals surface area (Å²) < 4.78 is 40.1. The summed E-state index contributed by atoms with van der Waals surface area (Å²) in [5.74, 6) is 0. The highest BCUT2D eigenvalue weighted by Gasteiger charge is 2.30. The Kier molecular flexibility index (Phi) is 4.07. The number of aromatic nitrogens is 4. The van der Waals surface area contributed by atoms with Crippen LogP contribution < -0.4 is 0 Å². The maximum Gasteiger partial charge on any atom is 0.416 e. The molecule has 0 atom stereocenters. The zero-order valence-electron chi connectivity index (χ0n) is 14.2. The normalized spacial score (nSPS) is 15.2. The largest absolute Gasteiger partial charge is 0.416 e. The van der Waals surface area contributed by atoms with Crippen LogP contribution in [0.1, 0.15) is 22.4 Å². The van der Waals surface area contributed by atoms with Crippen molar-refractivity contribution in [2.24, 2.45) is 7.05 Å². The summed E-state index contributed by atoms with van der Waals surface area (Å²) in [5.41, 5.74) is 4.02. The van der Waals surface area contributed by atoms with E-state index in [1.165, 1.54) is 12.1 Å². The predicted octanol–water partition coefficient (Wildman–Crippen LogP) is 3.39. The number of rotatable bonds is 3. The summed E-state index contributed by atoms with van der Waals surface area (Å²) in [4.78, 5) is 2.29. The number of halogens is 3. The molecule has 4 rings (SSSR count). The van der Waals surface area contributed by atoms with Crippen LogP contribution in [-0.2, 0) is 32.7 Å². The Bertz CT molecular complexity index is 908. The van der Waals surface area contributed by atoms with Gasteiger partial charge in [0.05, 0.1) is 17.5 Å². The van der Waals surface area contributed by atoms with E-state index < -0.39 is 11.7 Å². The lowest BCUT2D eigenvalue weighted by molar-refractivity contribution is -0.137. The van der Waals surface area contributed by atoms with Crippen LogP contribution >= 0.6 is 0 Å². The van der Waals surface area contributed by atoms with Crippen LogP contribution in [-0.4, -0.2) is 31.4 Å². The summed E-state index contributed by atoms with van der Waals surface area (Å²) in [5, 5.41) is 11.6. The van der Waals surface area contributed by atoms with Crippen molar-refractivity contribution in [2.75, 3.05) is 6.54 Å². The van der Waals surface area contributed by atoms with Gasteiger partial charge in [-0.3, -0.25) is 14.7 Å². The summed E-state index contributed by atoms with van der Waals surface area (Å²) in [6, 6.07) is 5.18. The summed E-state index contributed by atoms with van der Waals surface area (Å²) >= 11 is 0. The first-order chi connectivity index (χ1) is 12.4. The number of benzene rings is 1. The standard InChI is InChI=1S/C18H18F3N5/c1-25-9-12(8-22-25)10-26-7-6-16-15(11-26)17(24-23-16)13-2-4-14(5-3-13)18(19,20)21/h2-5,8-9H,6-7,10-11H2,1H3,(H,23,24). The molecule has 1 aliphatic rings. The molecule has 0 saturated carbocycles. The zero-order chi connectivity index (χ0) is 18.3. The lowest BCUT2D eigenvalue weighted by Crippen LogP contribution is -2.29. The number of aryl methyl sites for hydroxylation is 1. The summed E-state index contributed by atoms with van der Waals surface area (Å²) in [6.07, 6.45) is 0.344. The van der Waals surface area contributed by atoms with Crippen molar-refractivity contribution in [3.8, 4) is 11.3 Å². The van der Waals surface area contributed by atoms with E-state index in [0.717, 1.165) is 54.2 Å². The smallest absolute Gasteiger partial charge is 0.294 e. The second-order valence-electron chi connectivity index (χ2n) is 6.59. The van der Waals surface area contributed by atoms with E-state index >= 15 is 0 Å². The van der Waals surface area contributed by atoms with Gasteiger partial charge in [-0.2, -0.15) is 23.4 Å². The molecular formula is C18H18F3N5. The van der Waals surface area contributed by atoms with Crippen LogP contribution in [0.3, 0.4) is 0 Å². The van der Waals surface area contributed by atoms with E-state index in [4.69, 9.17) is 0 Å². The van der Waals surface area contributed by atoms with Gasteiger partial charge in [-0.05, 0) is 12.1 Å². The Balaban J connectivity index is 1.56. The predicted molar refractivity (Wildman–Crippen MR) is 90.1 cm³/mol. The number of nitrogens with zero attached hydrogens (tertiary/aromatic N) is 4. The van der Waals surface area contributed by atoms with Crippen LogP contribution in [0, 0.1) is 0 Å². The van der Waals surface area contributed by atoms with Gasteiger partial charge in [0.15, 0.2) is 0 Å². The van der Waals surface area contributed by atoms with Gasteiger partial charge in [-0.15, -0.1) is 0 Å². The molecule has 1 aromatic carbocycles. The Morgan fingerprint density at radius 3 is 2.62 bits per heavy atom. The molecule has 0 amide bonds. The molecule has 26 heavy (non-hydrogen) atoms. The van der Waals surface area contributed by atoms with E-state index in [0.29, 0.717) is 12.1 Å². The van der Waals surface area contributed by atoms with Crippen molar-refractivity contribution < 1.29 is 13.2 Å². The number of H-pyrrole nitrogens is 1. The zero-order valence-corrected chi connectivity index (χ0v) is 14.2. The molecule has 0 bridgehead atoms. The quantitative estimate of drug-likeness (QED) is 0.778. The van der Waals surface area contributed by atoms with Crippen LogP contribution in [0.2, 0.25) is 0 Å². The number of hydrogen-bond donors (Lipinski definition) is 1. The maximum absolute atomic E-state index is 12.8. The molecule has 5 nitrogen and oxygen atoms in total. The third-order valence-electron chi connectivity index (χ3n) is 4.66. The van der Waals surface area contributed by atoms with E-state index in [2.05, 4.69) is 20.2 Å². The van der Waals surface area contributed by atoms with Gasteiger partial charge in [-0.1, -0.05) is 12.1 Å². The fourth-order valence-electron chi connectivity index (χ4n) is 3.35. The second-order valence-corrected chi connectivity index (χ2v) is 6.59. The van der Waals surface area contributed by atoms with E-state index in [1.807, 2.05) is 19.4 Å². The minimum absolute atomic E-state index is 0.649. The molecule has 0 aliphatic carbocycles. The van der Waals surface area contributed by atoms with Crippen molar-refractivity contribution in [1.29, 1.82) is 0 Å². The molecule has 136 valence electrons. The Hall–Kier alpha value is -2.61. The topological polar surface area (TPSA) is 49.7 Å². The lowest BCUT2D eigenvalue weighted by atomic mass is 10.00. The van der Waals surface area contributed by atoms with Gasteiger partial charge >= 0.3 is 6.18 Å². The average Bonchev–Trinajstić information content (AvgIpc) is 3.20. The number of hydrogen-bond acceptors (Lipinski definition) is 3. The van der Waals surface area contributed by atoms with Crippen molar-refractivity contribution in [1.82, 2.24) is 24.9 Å². The molecule has 0 spiro atoms. The first-order valence-corrected chi connectivity index (χ1v) is 8.34. The van der Waals surface area contributed by atoms with Gasteiger partial charge in [0.25, 0.3) is 0 Å². The molecule has 1 aliphatic heterocycles. The maximum atomic E-state index is 12.8. The van der Waals surface area contributed by atoms with Crippen molar-refractivity contribution >= 4 is 0 Å². The SMILES string of the molecule is Cn1cc(CN2CCc3[nH]nc(-c4ccc(C(F)(F)F)cc4)c3C2)cn1. The van der Waals surface area contributed by atoms with Gasteiger partial charge in [-0.25, -0.2) is 0 Å². The highest BCUT2D eigenvalue weighted by molar-refractivity contribution is 5.64. The highest BCUT2D eigenvalue weighted by atomic mass is 19.4. The lowest BCUT2D eigenvalue weighted by Gasteiger charge is -2.26. The van der Waals surface area contributed by atoms with Crippen molar-refractivity contribution in [3.63, 3.8) is 0 Å². The first-order valence-electron chi connectivity index (χ1n) is 8.34. The van der Waals surface area contributed by atoms with E-state index in [-0.39, 0.29) is 0 Å². The fourth-order valence-corrected chi connectivity index (χ4v) is 3.35. The molecule has 2 aromatic heterocycles. The van der Waals surface area contributed by atoms with Crippen LogP contribution in [0.4, 0.5) is 13.2 Å². The van der Waals surface area contributed by atoms with Crippen LogP contribution in [0.25, 0.3) is 11.3 Å². The van der Waals surface area contributed by atoms with Gasteiger partial charge < -0.3 is 0 Å². The third kappa shape index (κ3) is 3.24. The van der Waals surface area contributed by atoms with Crippen molar-refractivity contribution in [3.05, 3.63) is 59.0 Å². The molecule has 0 unspecified atom stereocenters. The number of alkyl halides is 3. The Morgan fingerprint density at radius 1 is 1.19 bits per heavy atom. The molecular weight excluding hydrogens is 343 g/mol. The van der Waals surface area contributed by atoms with Gasteiger partial charge in [0, 0.05) is 61.7 Å². The van der Waals surface area contributed by atoms with Crippen LogP contribution in [0.15, 0.2) is 36.7 Å². The molecule has 0 fully saturated rings. The van der Waals surface area contributed by atoms with Gasteiger partial charge in [0.1, 0.15) is 0 Å². The Labute approximate surface area is 148 Å². The number of nitrogens with one attached hydrogen (secondary N) is 1. The summed E-state index contributed by atoms with van der Waals surface area (Å²) in [7, 11) is 1.89. The van der Waals surface area contributed by atoms with Gasteiger partial charge in [0.2, 0.25) is 0 Å². The fraction of sp³-hybridized carbons (Fsp3) is 0.333. The third-order valence-corrected chi connectivity index (χ3v) is 4.66. The molecule has 0 saturated heterocycles. The van der Waals surface area contributed by atoms with Crippen LogP contribution in [0.5, 0.6) is 0 Å². The van der Waals surface area contributed by atoms with Crippen molar-refractivity contribution in [2.45, 2.75) is 25.7 Å². The average molecular weight is 361 g/mol. The van der Waals surface area contributed by atoms with E-state index in [9.17, 15) is 13.2 Å². The molecule has 1 N–H and O–H groups in total. The second kappa shape index (κ2) is 6.28. The highest BCUT2D eigenvalue weighted by Crippen LogP contribution is 2.33. The first kappa shape index (κ1) is 16.8. The minimum atomic E-state index is -4.33. The van der Waals surface area contributed by atoms with E-state index in [1.54, 1.807) is 4.68 Å². The molecule has 8 heteroatoms. The molecule has 0 radical (unpaired) electrons. The monoisotopic (exact) mass is 361 g/mol. The summed E-state index contributed by atoms with van der Waals surface area (Å²) in [6.45, 7) is 2.39. The minimum Gasteiger partial charge on any atom is -0.294 e. The number of aromatic amines is 1. The molecule has 3 aromatic rings.